The fourth-order valence-electron chi connectivity index (χ4n) is 3.36. The molecule has 2 N–H and O–H groups in total. The second kappa shape index (κ2) is 5.89. The second-order valence-corrected chi connectivity index (χ2v) is 7.94. The van der Waals surface area contributed by atoms with Crippen LogP contribution in [0.5, 0.6) is 0 Å². The maximum Gasteiger partial charge on any atom is -0.00173 e. The van der Waals surface area contributed by atoms with Gasteiger partial charge in [-0.25, -0.2) is 0 Å². The third kappa shape index (κ3) is 3.63. The molecule has 0 atom stereocenters. The van der Waals surface area contributed by atoms with Gasteiger partial charge in [0.1, 0.15) is 0 Å². The summed E-state index contributed by atoms with van der Waals surface area (Å²) in [5, 5.41) is 0. The Morgan fingerprint density at radius 3 is 2.00 bits per heavy atom. The van der Waals surface area contributed by atoms with Crippen LogP contribution in [0, 0.1) is 10.8 Å². The minimum atomic E-state index is 0.342. The van der Waals surface area contributed by atoms with Gasteiger partial charge in [-0.1, -0.05) is 52.0 Å². The van der Waals surface area contributed by atoms with E-state index in [2.05, 4.69) is 52.0 Å². The lowest BCUT2D eigenvalue weighted by molar-refractivity contribution is 0.108. The van der Waals surface area contributed by atoms with Crippen LogP contribution in [-0.2, 0) is 6.42 Å². The summed E-state index contributed by atoms with van der Waals surface area (Å²) in [6.07, 6.45) is 6.34. The summed E-state index contributed by atoms with van der Waals surface area (Å²) in [6.45, 7) is 10.1. The van der Waals surface area contributed by atoms with E-state index in [-0.39, 0.29) is 0 Å². The van der Waals surface area contributed by atoms with Crippen molar-refractivity contribution >= 4 is 0 Å². The summed E-state index contributed by atoms with van der Waals surface area (Å²) in [4.78, 5) is 0. The number of rotatable bonds is 4. The molecule has 1 aromatic carbocycles. The minimum Gasteiger partial charge on any atom is -0.330 e. The van der Waals surface area contributed by atoms with E-state index >= 15 is 0 Å². The molecule has 1 heteroatoms. The summed E-state index contributed by atoms with van der Waals surface area (Å²) in [5.41, 5.74) is 9.90. The molecule has 0 aromatic heterocycles. The number of nitrogens with two attached hydrogens (primary N) is 1. The van der Waals surface area contributed by atoms with Crippen LogP contribution in [0.1, 0.15) is 70.4 Å². The van der Waals surface area contributed by atoms with E-state index in [0.717, 1.165) is 13.0 Å². The van der Waals surface area contributed by atoms with Crippen LogP contribution < -0.4 is 5.73 Å². The molecule has 1 aliphatic carbocycles. The molecule has 2 rings (SSSR count). The van der Waals surface area contributed by atoms with E-state index in [1.165, 1.54) is 36.8 Å². The molecular weight excluding hydrogens is 242 g/mol. The minimum absolute atomic E-state index is 0.342. The highest BCUT2D eigenvalue weighted by atomic mass is 14.6. The van der Waals surface area contributed by atoms with Gasteiger partial charge in [-0.05, 0) is 66.5 Å². The Labute approximate surface area is 125 Å². The molecule has 1 aliphatic rings. The van der Waals surface area contributed by atoms with Crippen molar-refractivity contribution in [2.45, 2.75) is 65.7 Å². The molecule has 20 heavy (non-hydrogen) atoms. The summed E-state index contributed by atoms with van der Waals surface area (Å²) < 4.78 is 0. The standard InChI is InChI=1S/C19H31N/c1-15(2)17-7-5-16(6-8-17)13-19(14-20)11-9-18(3,4)10-12-19/h5-8,15H,9-14,20H2,1-4H3. The zero-order valence-electron chi connectivity index (χ0n) is 13.7. The summed E-state index contributed by atoms with van der Waals surface area (Å²) in [6, 6.07) is 9.20. The van der Waals surface area contributed by atoms with Crippen molar-refractivity contribution in [2.24, 2.45) is 16.6 Å². The highest BCUT2D eigenvalue weighted by molar-refractivity contribution is 5.25. The lowest BCUT2D eigenvalue weighted by Gasteiger charge is -2.43. The Morgan fingerprint density at radius 2 is 1.55 bits per heavy atom. The van der Waals surface area contributed by atoms with Crippen LogP contribution in [0.25, 0.3) is 0 Å². The first-order chi connectivity index (χ1) is 9.36. The Balaban J connectivity index is 2.07. The lowest BCUT2D eigenvalue weighted by Crippen LogP contribution is -2.38. The Hall–Kier alpha value is -0.820. The van der Waals surface area contributed by atoms with Gasteiger partial charge in [0.2, 0.25) is 0 Å². The number of hydrogen-bond acceptors (Lipinski definition) is 1. The van der Waals surface area contributed by atoms with Crippen molar-refractivity contribution in [1.82, 2.24) is 0 Å². The number of hydrogen-bond donors (Lipinski definition) is 1. The molecule has 0 radical (unpaired) electrons. The maximum atomic E-state index is 6.15. The van der Waals surface area contributed by atoms with Crippen molar-refractivity contribution < 1.29 is 0 Å². The van der Waals surface area contributed by atoms with Crippen molar-refractivity contribution in [2.75, 3.05) is 6.54 Å². The van der Waals surface area contributed by atoms with E-state index in [9.17, 15) is 0 Å². The quantitative estimate of drug-likeness (QED) is 0.829. The predicted octanol–water partition coefficient (Wildman–Crippen LogP) is 4.90. The lowest BCUT2D eigenvalue weighted by atomic mass is 9.63. The second-order valence-electron chi connectivity index (χ2n) is 7.94. The van der Waals surface area contributed by atoms with Gasteiger partial charge in [0.05, 0.1) is 0 Å². The van der Waals surface area contributed by atoms with Gasteiger partial charge in [0, 0.05) is 0 Å². The molecule has 112 valence electrons. The van der Waals surface area contributed by atoms with Gasteiger partial charge >= 0.3 is 0 Å². The van der Waals surface area contributed by atoms with Gasteiger partial charge in [-0.3, -0.25) is 0 Å². The Kier molecular flexibility index (Phi) is 4.59. The van der Waals surface area contributed by atoms with E-state index in [1.54, 1.807) is 0 Å². The first-order valence-electron chi connectivity index (χ1n) is 8.15. The summed E-state index contributed by atoms with van der Waals surface area (Å²) in [7, 11) is 0. The highest BCUT2D eigenvalue weighted by Crippen LogP contribution is 2.46. The molecule has 0 bridgehead atoms. The third-order valence-corrected chi connectivity index (χ3v) is 5.32. The molecule has 0 aliphatic heterocycles. The van der Waals surface area contributed by atoms with Gasteiger partial charge in [0.15, 0.2) is 0 Å². The van der Waals surface area contributed by atoms with Crippen LogP contribution in [0.3, 0.4) is 0 Å². The molecular formula is C19H31N. The molecule has 1 fully saturated rings. The number of benzene rings is 1. The smallest absolute Gasteiger partial charge is 0.00173 e. The van der Waals surface area contributed by atoms with Gasteiger partial charge in [-0.2, -0.15) is 0 Å². The SMILES string of the molecule is CC(C)c1ccc(CC2(CN)CCC(C)(C)CC2)cc1. The monoisotopic (exact) mass is 273 g/mol. The predicted molar refractivity (Wildman–Crippen MR) is 88.0 cm³/mol. The third-order valence-electron chi connectivity index (χ3n) is 5.32. The first kappa shape index (κ1) is 15.6. The first-order valence-corrected chi connectivity index (χ1v) is 8.15. The largest absolute Gasteiger partial charge is 0.330 e. The molecule has 1 nitrogen and oxygen atoms in total. The van der Waals surface area contributed by atoms with Crippen molar-refractivity contribution in [3.8, 4) is 0 Å². The van der Waals surface area contributed by atoms with Crippen LogP contribution >= 0.6 is 0 Å². The average molecular weight is 273 g/mol. The van der Waals surface area contributed by atoms with E-state index < -0.39 is 0 Å². The van der Waals surface area contributed by atoms with E-state index in [1.807, 2.05) is 0 Å². The van der Waals surface area contributed by atoms with Crippen LogP contribution in [0.4, 0.5) is 0 Å². The fourth-order valence-corrected chi connectivity index (χ4v) is 3.36. The zero-order chi connectivity index (χ0) is 14.8. The summed E-state index contributed by atoms with van der Waals surface area (Å²) in [5.74, 6) is 0.614. The van der Waals surface area contributed by atoms with Crippen LogP contribution in [-0.4, -0.2) is 6.54 Å². The van der Waals surface area contributed by atoms with Crippen LogP contribution in [0.15, 0.2) is 24.3 Å². The Morgan fingerprint density at radius 1 is 1.00 bits per heavy atom. The topological polar surface area (TPSA) is 26.0 Å². The van der Waals surface area contributed by atoms with Crippen molar-refractivity contribution in [1.29, 1.82) is 0 Å². The fraction of sp³-hybridized carbons (Fsp3) is 0.684. The normalized spacial score (nSPS) is 21.1. The molecule has 0 saturated heterocycles. The molecule has 0 heterocycles. The molecule has 1 aromatic rings. The maximum absolute atomic E-state index is 6.15. The average Bonchev–Trinajstić information content (AvgIpc) is 2.42. The van der Waals surface area contributed by atoms with Crippen molar-refractivity contribution in [3.63, 3.8) is 0 Å². The molecule has 1 saturated carbocycles. The Bertz CT molecular complexity index is 418. The van der Waals surface area contributed by atoms with Gasteiger partial charge in [-0.15, -0.1) is 0 Å². The highest BCUT2D eigenvalue weighted by Gasteiger charge is 2.37. The van der Waals surface area contributed by atoms with Crippen molar-refractivity contribution in [3.05, 3.63) is 35.4 Å². The molecule has 0 unspecified atom stereocenters. The molecule has 0 amide bonds. The van der Waals surface area contributed by atoms with E-state index in [0.29, 0.717) is 16.7 Å². The van der Waals surface area contributed by atoms with E-state index in [4.69, 9.17) is 5.73 Å². The van der Waals surface area contributed by atoms with Gasteiger partial charge < -0.3 is 5.73 Å². The summed E-state index contributed by atoms with van der Waals surface area (Å²) >= 11 is 0. The molecule has 0 spiro atoms. The van der Waals surface area contributed by atoms with Gasteiger partial charge in [0.25, 0.3) is 0 Å². The zero-order valence-corrected chi connectivity index (χ0v) is 13.7. The van der Waals surface area contributed by atoms with Crippen LogP contribution in [0.2, 0.25) is 0 Å².